The third-order valence-corrected chi connectivity index (χ3v) is 6.74. The van der Waals surface area contributed by atoms with E-state index in [0.717, 1.165) is 0 Å². The van der Waals surface area contributed by atoms with Gasteiger partial charge in [-0.2, -0.15) is 4.31 Å². The lowest BCUT2D eigenvalue weighted by Crippen LogP contribution is -2.41. The van der Waals surface area contributed by atoms with E-state index in [-0.39, 0.29) is 41.4 Å². The fourth-order valence-corrected chi connectivity index (χ4v) is 4.68. The zero-order chi connectivity index (χ0) is 21.0. The van der Waals surface area contributed by atoms with Crippen molar-refractivity contribution in [1.29, 1.82) is 0 Å². The van der Waals surface area contributed by atoms with E-state index in [2.05, 4.69) is 10.3 Å². The standard InChI is InChI=1S/C19H23N3O6S/c1-27-16-6-5-14(12-17(16)28-2)29(25,26)22-10-7-13(8-11-22)19(24)21-18-15(23)4-3-9-20-18/h3-6,9,12-13,23H,7-8,10-11H2,1-2H3,(H,20,21,24). The van der Waals surface area contributed by atoms with Gasteiger partial charge in [-0.1, -0.05) is 0 Å². The number of carbonyl (C=O) groups excluding carboxylic acids is 1. The SMILES string of the molecule is COc1ccc(S(=O)(=O)N2CCC(C(=O)Nc3ncccc3O)CC2)cc1OC. The van der Waals surface area contributed by atoms with Crippen LogP contribution in [0.15, 0.2) is 41.4 Å². The molecule has 10 heteroatoms. The van der Waals surface area contributed by atoms with E-state index >= 15 is 0 Å². The van der Waals surface area contributed by atoms with Crippen LogP contribution in [0.5, 0.6) is 17.2 Å². The highest BCUT2D eigenvalue weighted by atomic mass is 32.2. The Kier molecular flexibility index (Phi) is 6.23. The lowest BCUT2D eigenvalue weighted by atomic mass is 9.97. The fraction of sp³-hybridized carbons (Fsp3) is 0.368. The molecule has 3 rings (SSSR count). The Morgan fingerprint density at radius 3 is 2.48 bits per heavy atom. The predicted octanol–water partition coefficient (Wildman–Crippen LogP) is 1.84. The summed E-state index contributed by atoms with van der Waals surface area (Å²) in [4.78, 5) is 16.5. The van der Waals surface area contributed by atoms with Crippen molar-refractivity contribution in [1.82, 2.24) is 9.29 Å². The molecule has 1 aliphatic rings. The van der Waals surface area contributed by atoms with Crippen molar-refractivity contribution in [3.05, 3.63) is 36.5 Å². The van der Waals surface area contributed by atoms with E-state index in [0.29, 0.717) is 24.3 Å². The molecule has 2 N–H and O–H groups in total. The second-order valence-electron chi connectivity index (χ2n) is 6.56. The highest BCUT2D eigenvalue weighted by Gasteiger charge is 2.33. The monoisotopic (exact) mass is 421 g/mol. The van der Waals surface area contributed by atoms with Crippen molar-refractivity contribution in [3.63, 3.8) is 0 Å². The molecule has 156 valence electrons. The summed E-state index contributed by atoms with van der Waals surface area (Å²) in [7, 11) is -0.800. The zero-order valence-electron chi connectivity index (χ0n) is 16.2. The minimum absolute atomic E-state index is 0.0953. The van der Waals surface area contributed by atoms with Crippen molar-refractivity contribution < 1.29 is 27.8 Å². The molecule has 1 amide bonds. The van der Waals surface area contributed by atoms with Crippen LogP contribution in [0.3, 0.4) is 0 Å². The van der Waals surface area contributed by atoms with Crippen LogP contribution in [0, 0.1) is 5.92 Å². The number of rotatable bonds is 6. The molecular weight excluding hydrogens is 398 g/mol. The Morgan fingerprint density at radius 2 is 1.86 bits per heavy atom. The van der Waals surface area contributed by atoms with Gasteiger partial charge < -0.3 is 19.9 Å². The number of aromatic hydroxyl groups is 1. The Balaban J connectivity index is 1.66. The molecule has 2 heterocycles. The van der Waals surface area contributed by atoms with Gasteiger partial charge >= 0.3 is 0 Å². The Morgan fingerprint density at radius 1 is 1.17 bits per heavy atom. The quantitative estimate of drug-likeness (QED) is 0.731. The van der Waals surface area contributed by atoms with Gasteiger partial charge in [-0.05, 0) is 37.1 Å². The van der Waals surface area contributed by atoms with Crippen molar-refractivity contribution >= 4 is 21.7 Å². The minimum Gasteiger partial charge on any atom is -0.504 e. The summed E-state index contributed by atoms with van der Waals surface area (Å²) in [5.41, 5.74) is 0. The van der Waals surface area contributed by atoms with E-state index in [1.54, 1.807) is 12.1 Å². The summed E-state index contributed by atoms with van der Waals surface area (Å²) in [6, 6.07) is 7.44. The third-order valence-electron chi connectivity index (χ3n) is 4.85. The second kappa shape index (κ2) is 8.66. The van der Waals surface area contributed by atoms with E-state index < -0.39 is 10.0 Å². The average molecular weight is 421 g/mol. The molecule has 0 spiro atoms. The number of nitrogens with zero attached hydrogens (tertiary/aromatic N) is 2. The van der Waals surface area contributed by atoms with Crippen LogP contribution >= 0.6 is 0 Å². The maximum absolute atomic E-state index is 13.0. The lowest BCUT2D eigenvalue weighted by Gasteiger charge is -2.30. The van der Waals surface area contributed by atoms with Gasteiger partial charge in [-0.25, -0.2) is 13.4 Å². The first-order valence-electron chi connectivity index (χ1n) is 9.04. The van der Waals surface area contributed by atoms with E-state index in [1.165, 1.54) is 42.9 Å². The molecule has 0 aliphatic carbocycles. The second-order valence-corrected chi connectivity index (χ2v) is 8.49. The molecule has 1 aromatic carbocycles. The normalized spacial score (nSPS) is 15.7. The molecule has 9 nitrogen and oxygen atoms in total. The number of hydrogen-bond acceptors (Lipinski definition) is 7. The molecule has 0 saturated carbocycles. The fourth-order valence-electron chi connectivity index (χ4n) is 3.20. The number of aromatic nitrogens is 1. The third kappa shape index (κ3) is 4.43. The van der Waals surface area contributed by atoms with Crippen LogP contribution in [0.4, 0.5) is 5.82 Å². The summed E-state index contributed by atoms with van der Waals surface area (Å²) in [6.07, 6.45) is 2.20. The molecule has 29 heavy (non-hydrogen) atoms. The number of sulfonamides is 1. The highest BCUT2D eigenvalue weighted by Crippen LogP contribution is 2.32. The van der Waals surface area contributed by atoms with Crippen LogP contribution in [0.1, 0.15) is 12.8 Å². The van der Waals surface area contributed by atoms with Crippen LogP contribution in [0.25, 0.3) is 0 Å². The van der Waals surface area contributed by atoms with Gasteiger partial charge in [0.05, 0.1) is 19.1 Å². The van der Waals surface area contributed by atoms with Gasteiger partial charge in [0, 0.05) is 31.3 Å². The highest BCUT2D eigenvalue weighted by molar-refractivity contribution is 7.89. The number of methoxy groups -OCH3 is 2. The average Bonchev–Trinajstić information content (AvgIpc) is 2.74. The summed E-state index contributed by atoms with van der Waals surface area (Å²) in [6.45, 7) is 0.423. The van der Waals surface area contributed by atoms with Crippen molar-refractivity contribution in [2.75, 3.05) is 32.6 Å². The molecule has 1 aliphatic heterocycles. The van der Waals surface area contributed by atoms with Crippen molar-refractivity contribution in [2.45, 2.75) is 17.7 Å². The van der Waals surface area contributed by atoms with Crippen molar-refractivity contribution in [2.24, 2.45) is 5.92 Å². The van der Waals surface area contributed by atoms with Crippen LogP contribution < -0.4 is 14.8 Å². The topological polar surface area (TPSA) is 118 Å². The van der Waals surface area contributed by atoms with Crippen LogP contribution in [0.2, 0.25) is 0 Å². The number of carbonyl (C=O) groups is 1. The molecule has 1 fully saturated rings. The zero-order valence-corrected chi connectivity index (χ0v) is 17.0. The Hall–Kier alpha value is -2.85. The number of ether oxygens (including phenoxy) is 2. The first kappa shape index (κ1) is 20.9. The number of benzene rings is 1. The van der Waals surface area contributed by atoms with Crippen molar-refractivity contribution in [3.8, 4) is 17.2 Å². The largest absolute Gasteiger partial charge is 0.504 e. The number of anilines is 1. The van der Waals surface area contributed by atoms with E-state index in [4.69, 9.17) is 9.47 Å². The van der Waals surface area contributed by atoms with Crippen LogP contribution in [-0.2, 0) is 14.8 Å². The van der Waals surface area contributed by atoms with Gasteiger partial charge in [-0.3, -0.25) is 4.79 Å². The van der Waals surface area contributed by atoms with Gasteiger partial charge in [0.2, 0.25) is 15.9 Å². The minimum atomic E-state index is -3.72. The molecule has 0 radical (unpaired) electrons. The molecule has 0 unspecified atom stereocenters. The number of amides is 1. The predicted molar refractivity (Wildman–Crippen MR) is 106 cm³/mol. The van der Waals surface area contributed by atoms with E-state index in [9.17, 15) is 18.3 Å². The molecular formula is C19H23N3O6S. The van der Waals surface area contributed by atoms with Gasteiger partial charge in [0.1, 0.15) is 0 Å². The lowest BCUT2D eigenvalue weighted by molar-refractivity contribution is -0.120. The molecule has 1 saturated heterocycles. The molecule has 1 aromatic heterocycles. The van der Waals surface area contributed by atoms with Gasteiger partial charge in [0.15, 0.2) is 23.1 Å². The number of nitrogens with one attached hydrogen (secondary N) is 1. The number of pyridine rings is 1. The molecule has 2 aromatic rings. The number of piperidine rings is 1. The molecule has 0 atom stereocenters. The smallest absolute Gasteiger partial charge is 0.243 e. The number of hydrogen-bond donors (Lipinski definition) is 2. The Bertz CT molecular complexity index is 987. The Labute approximate surface area is 169 Å². The molecule has 0 bridgehead atoms. The maximum atomic E-state index is 13.0. The summed E-state index contributed by atoms with van der Waals surface area (Å²) in [5, 5.41) is 12.3. The maximum Gasteiger partial charge on any atom is 0.243 e. The summed E-state index contributed by atoms with van der Waals surface area (Å²) in [5.74, 6) is 0.0974. The van der Waals surface area contributed by atoms with Gasteiger partial charge in [-0.15, -0.1) is 0 Å². The summed E-state index contributed by atoms with van der Waals surface area (Å²) < 4.78 is 37.6. The first-order chi connectivity index (χ1) is 13.9. The van der Waals surface area contributed by atoms with Gasteiger partial charge in [0.25, 0.3) is 0 Å². The first-order valence-corrected chi connectivity index (χ1v) is 10.5. The van der Waals surface area contributed by atoms with E-state index in [1.807, 2.05) is 0 Å². The summed E-state index contributed by atoms with van der Waals surface area (Å²) >= 11 is 0. The van der Waals surface area contributed by atoms with Crippen LogP contribution in [-0.4, -0.2) is 56.0 Å².